The molecular formula is C11H13N5OS. The number of hydrogen-bond acceptors (Lipinski definition) is 6. The zero-order valence-corrected chi connectivity index (χ0v) is 11.0. The Morgan fingerprint density at radius 3 is 2.67 bits per heavy atom. The standard InChI is InChI=1S/C11H13N5OS/c1-3-9-15-16-10(18-9)6-14-11(17)8-5-12-7(2)4-13-8/h4-5H,3,6H2,1-2H3,(H,14,17). The van der Waals surface area contributed by atoms with Crippen molar-refractivity contribution in [3.63, 3.8) is 0 Å². The summed E-state index contributed by atoms with van der Waals surface area (Å²) in [4.78, 5) is 19.8. The highest BCUT2D eigenvalue weighted by atomic mass is 32.1. The molecule has 2 aromatic heterocycles. The lowest BCUT2D eigenvalue weighted by molar-refractivity contribution is 0.0945. The van der Waals surface area contributed by atoms with Crippen molar-refractivity contribution in [3.05, 3.63) is 33.8 Å². The second kappa shape index (κ2) is 5.63. The van der Waals surface area contributed by atoms with E-state index in [-0.39, 0.29) is 5.91 Å². The van der Waals surface area contributed by atoms with Crippen molar-refractivity contribution in [2.24, 2.45) is 0 Å². The van der Waals surface area contributed by atoms with E-state index in [0.29, 0.717) is 12.2 Å². The van der Waals surface area contributed by atoms with Crippen LogP contribution in [0.5, 0.6) is 0 Å². The van der Waals surface area contributed by atoms with E-state index in [2.05, 4.69) is 25.5 Å². The summed E-state index contributed by atoms with van der Waals surface area (Å²) in [6.07, 6.45) is 3.88. The first-order valence-electron chi connectivity index (χ1n) is 5.57. The summed E-state index contributed by atoms with van der Waals surface area (Å²) >= 11 is 1.50. The molecule has 0 aromatic carbocycles. The highest BCUT2D eigenvalue weighted by Crippen LogP contribution is 2.09. The molecule has 0 aliphatic carbocycles. The highest BCUT2D eigenvalue weighted by Gasteiger charge is 2.09. The molecule has 0 aliphatic heterocycles. The summed E-state index contributed by atoms with van der Waals surface area (Å²) in [6, 6.07) is 0. The van der Waals surface area contributed by atoms with Gasteiger partial charge in [0.2, 0.25) is 0 Å². The predicted molar refractivity (Wildman–Crippen MR) is 67.2 cm³/mol. The van der Waals surface area contributed by atoms with Gasteiger partial charge in [-0.25, -0.2) is 4.98 Å². The van der Waals surface area contributed by atoms with Crippen molar-refractivity contribution in [1.82, 2.24) is 25.5 Å². The normalized spacial score (nSPS) is 10.3. The van der Waals surface area contributed by atoms with E-state index < -0.39 is 0 Å². The van der Waals surface area contributed by atoms with E-state index in [1.54, 1.807) is 6.20 Å². The molecular weight excluding hydrogens is 250 g/mol. The Bertz CT molecular complexity index is 537. The topological polar surface area (TPSA) is 80.7 Å². The maximum Gasteiger partial charge on any atom is 0.271 e. The average Bonchev–Trinajstić information content (AvgIpc) is 2.85. The molecule has 0 unspecified atom stereocenters. The number of hydrogen-bond donors (Lipinski definition) is 1. The number of carbonyl (C=O) groups is 1. The van der Waals surface area contributed by atoms with Crippen molar-refractivity contribution in [3.8, 4) is 0 Å². The number of carbonyl (C=O) groups excluding carboxylic acids is 1. The molecule has 6 nitrogen and oxygen atoms in total. The van der Waals surface area contributed by atoms with Gasteiger partial charge in [-0.1, -0.05) is 18.3 Å². The van der Waals surface area contributed by atoms with Crippen LogP contribution in [0, 0.1) is 6.92 Å². The summed E-state index contributed by atoms with van der Waals surface area (Å²) in [5.41, 5.74) is 1.09. The first-order valence-corrected chi connectivity index (χ1v) is 6.38. The summed E-state index contributed by atoms with van der Waals surface area (Å²) in [5, 5.41) is 12.5. The molecule has 2 heterocycles. The minimum Gasteiger partial charge on any atom is -0.344 e. The molecule has 18 heavy (non-hydrogen) atoms. The number of nitrogens with zero attached hydrogens (tertiary/aromatic N) is 4. The van der Waals surface area contributed by atoms with Crippen molar-refractivity contribution in [2.45, 2.75) is 26.8 Å². The van der Waals surface area contributed by atoms with Crippen LogP contribution in [-0.4, -0.2) is 26.1 Å². The van der Waals surface area contributed by atoms with Gasteiger partial charge in [-0.3, -0.25) is 9.78 Å². The Balaban J connectivity index is 1.93. The monoisotopic (exact) mass is 263 g/mol. The Kier molecular flexibility index (Phi) is 3.93. The highest BCUT2D eigenvalue weighted by molar-refractivity contribution is 7.11. The maximum absolute atomic E-state index is 11.7. The molecule has 0 atom stereocenters. The van der Waals surface area contributed by atoms with E-state index >= 15 is 0 Å². The van der Waals surface area contributed by atoms with Crippen molar-refractivity contribution in [2.75, 3.05) is 0 Å². The number of amides is 1. The van der Waals surface area contributed by atoms with E-state index in [4.69, 9.17) is 0 Å². The molecule has 1 N–H and O–H groups in total. The fourth-order valence-corrected chi connectivity index (χ4v) is 1.98. The Morgan fingerprint density at radius 2 is 2.06 bits per heavy atom. The Labute approximate surface area is 109 Å². The van der Waals surface area contributed by atoms with Crippen LogP contribution >= 0.6 is 11.3 Å². The van der Waals surface area contributed by atoms with Gasteiger partial charge in [0.05, 0.1) is 18.4 Å². The maximum atomic E-state index is 11.7. The van der Waals surface area contributed by atoms with Gasteiger partial charge in [-0.05, 0) is 13.3 Å². The third kappa shape index (κ3) is 3.07. The van der Waals surface area contributed by atoms with Gasteiger partial charge < -0.3 is 5.32 Å². The summed E-state index contributed by atoms with van der Waals surface area (Å²) < 4.78 is 0. The zero-order chi connectivity index (χ0) is 13.0. The van der Waals surface area contributed by atoms with E-state index in [1.807, 2.05) is 13.8 Å². The van der Waals surface area contributed by atoms with E-state index in [9.17, 15) is 4.79 Å². The number of nitrogens with one attached hydrogen (secondary N) is 1. The van der Waals surface area contributed by atoms with Crippen LogP contribution in [0.15, 0.2) is 12.4 Å². The minimum absolute atomic E-state index is 0.254. The molecule has 0 saturated carbocycles. The number of aromatic nitrogens is 4. The lowest BCUT2D eigenvalue weighted by Crippen LogP contribution is -2.23. The zero-order valence-electron chi connectivity index (χ0n) is 10.2. The van der Waals surface area contributed by atoms with Gasteiger partial charge in [0.25, 0.3) is 5.91 Å². The predicted octanol–water partition coefficient (Wildman–Crippen LogP) is 1.13. The quantitative estimate of drug-likeness (QED) is 0.894. The summed E-state index contributed by atoms with van der Waals surface area (Å²) in [5.74, 6) is -0.254. The van der Waals surface area contributed by atoms with E-state index in [0.717, 1.165) is 22.1 Å². The molecule has 2 aromatic rings. The van der Waals surface area contributed by atoms with Crippen LogP contribution in [0.3, 0.4) is 0 Å². The molecule has 0 saturated heterocycles. The third-order valence-corrected chi connectivity index (χ3v) is 3.29. The molecule has 0 radical (unpaired) electrons. The van der Waals surface area contributed by atoms with Crippen LogP contribution in [0.1, 0.15) is 33.1 Å². The van der Waals surface area contributed by atoms with Gasteiger partial charge >= 0.3 is 0 Å². The van der Waals surface area contributed by atoms with Crippen LogP contribution in [0.2, 0.25) is 0 Å². The largest absolute Gasteiger partial charge is 0.344 e. The molecule has 0 bridgehead atoms. The number of rotatable bonds is 4. The SMILES string of the molecule is CCc1nnc(CNC(=O)c2cnc(C)cn2)s1. The second-order valence-electron chi connectivity index (χ2n) is 3.67. The van der Waals surface area contributed by atoms with Crippen LogP contribution in [0.4, 0.5) is 0 Å². The molecule has 0 fully saturated rings. The van der Waals surface area contributed by atoms with Crippen LogP contribution < -0.4 is 5.32 Å². The summed E-state index contributed by atoms with van der Waals surface area (Å²) in [7, 11) is 0. The lowest BCUT2D eigenvalue weighted by atomic mass is 10.4. The lowest BCUT2D eigenvalue weighted by Gasteiger charge is -2.01. The van der Waals surface area contributed by atoms with Gasteiger partial charge in [0.15, 0.2) is 0 Å². The van der Waals surface area contributed by atoms with Gasteiger partial charge in [-0.2, -0.15) is 0 Å². The first-order chi connectivity index (χ1) is 8.69. The third-order valence-electron chi connectivity index (χ3n) is 2.22. The minimum atomic E-state index is -0.254. The van der Waals surface area contributed by atoms with Crippen LogP contribution in [0.25, 0.3) is 0 Å². The van der Waals surface area contributed by atoms with E-state index in [1.165, 1.54) is 17.5 Å². The Morgan fingerprint density at radius 1 is 1.28 bits per heavy atom. The molecule has 0 spiro atoms. The fourth-order valence-electron chi connectivity index (χ4n) is 1.26. The van der Waals surface area contributed by atoms with Crippen molar-refractivity contribution >= 4 is 17.2 Å². The smallest absolute Gasteiger partial charge is 0.271 e. The summed E-state index contributed by atoms with van der Waals surface area (Å²) in [6.45, 7) is 4.21. The Hall–Kier alpha value is -1.89. The molecule has 1 amide bonds. The fraction of sp³-hybridized carbons (Fsp3) is 0.364. The van der Waals surface area contributed by atoms with Gasteiger partial charge in [0.1, 0.15) is 15.7 Å². The van der Waals surface area contributed by atoms with Gasteiger partial charge in [0, 0.05) is 6.20 Å². The van der Waals surface area contributed by atoms with Crippen LogP contribution in [-0.2, 0) is 13.0 Å². The molecule has 2 rings (SSSR count). The second-order valence-corrected chi connectivity index (χ2v) is 4.82. The van der Waals surface area contributed by atoms with Gasteiger partial charge in [-0.15, -0.1) is 10.2 Å². The molecule has 0 aliphatic rings. The van der Waals surface area contributed by atoms with Crippen molar-refractivity contribution < 1.29 is 4.79 Å². The number of aryl methyl sites for hydroxylation is 2. The first kappa shape index (κ1) is 12.6. The van der Waals surface area contributed by atoms with Crippen molar-refractivity contribution in [1.29, 1.82) is 0 Å². The molecule has 7 heteroatoms. The molecule has 94 valence electrons. The average molecular weight is 263 g/mol.